The molecule has 0 bridgehead atoms. The van der Waals surface area contributed by atoms with Gasteiger partial charge < -0.3 is 29.8 Å². The van der Waals surface area contributed by atoms with Gasteiger partial charge in [0.1, 0.15) is 23.8 Å². The molecule has 0 saturated carbocycles. The molecule has 0 aliphatic carbocycles. The maximum atomic E-state index is 11.6. The highest BCUT2D eigenvalue weighted by molar-refractivity contribution is 6.33. The summed E-state index contributed by atoms with van der Waals surface area (Å²) in [5.41, 5.74) is 2.65. The number of hydrogen-bond acceptors (Lipinski definition) is 9. The van der Waals surface area contributed by atoms with E-state index in [4.69, 9.17) is 26.2 Å². The number of para-hydroxylation sites is 1. The van der Waals surface area contributed by atoms with Crippen molar-refractivity contribution in [1.82, 2.24) is 14.5 Å². The zero-order valence-electron chi connectivity index (χ0n) is 18.6. The van der Waals surface area contributed by atoms with Crippen LogP contribution in [0.2, 0.25) is 5.02 Å². The molecule has 3 heterocycles. The average molecular weight is 497 g/mol. The third-order valence-electron chi connectivity index (χ3n) is 5.64. The maximum absolute atomic E-state index is 11.6. The molecule has 0 atom stereocenters. The molecule has 12 heteroatoms. The van der Waals surface area contributed by atoms with Gasteiger partial charge in [0.25, 0.3) is 5.69 Å². The molecule has 0 unspecified atom stereocenters. The molecule has 0 saturated heterocycles. The van der Waals surface area contributed by atoms with Gasteiger partial charge in [0.05, 0.1) is 53.3 Å². The van der Waals surface area contributed by atoms with Crippen molar-refractivity contribution < 1.29 is 19.5 Å². The number of anilines is 3. The summed E-state index contributed by atoms with van der Waals surface area (Å²) in [4.78, 5) is 20.0. The summed E-state index contributed by atoms with van der Waals surface area (Å²) in [6, 6.07) is 8.64. The van der Waals surface area contributed by atoms with Crippen molar-refractivity contribution in [2.45, 2.75) is 6.54 Å². The third kappa shape index (κ3) is 4.15. The van der Waals surface area contributed by atoms with Crippen LogP contribution in [-0.2, 0) is 6.54 Å². The Morgan fingerprint density at radius 3 is 2.97 bits per heavy atom. The van der Waals surface area contributed by atoms with E-state index >= 15 is 0 Å². The van der Waals surface area contributed by atoms with Crippen molar-refractivity contribution in [1.29, 1.82) is 0 Å². The fourth-order valence-corrected chi connectivity index (χ4v) is 4.31. The van der Waals surface area contributed by atoms with E-state index in [-0.39, 0.29) is 30.5 Å². The lowest BCUT2D eigenvalue weighted by atomic mass is 10.1. The Hall–Kier alpha value is -4.09. The Morgan fingerprint density at radius 1 is 1.34 bits per heavy atom. The molecule has 180 valence electrons. The van der Waals surface area contributed by atoms with Crippen LogP contribution >= 0.6 is 11.6 Å². The van der Waals surface area contributed by atoms with E-state index in [2.05, 4.69) is 25.2 Å². The zero-order chi connectivity index (χ0) is 24.5. The number of aliphatic hydroxyl groups is 1. The predicted octanol–water partition coefficient (Wildman–Crippen LogP) is 4.21. The number of benzene rings is 2. The summed E-state index contributed by atoms with van der Waals surface area (Å²) in [6.45, 7) is 1.26. The largest absolute Gasteiger partial charge is 0.494 e. The molecule has 0 fully saturated rings. The highest BCUT2D eigenvalue weighted by Crippen LogP contribution is 2.40. The SMILES string of the molecule is COc1cc(NCCO)c([N+](=O)[O-])cc1Nc1ncc(Cl)c(-c2cn3c4c(cccc24)OCC3)n1. The monoisotopic (exact) mass is 496 g/mol. The lowest BCUT2D eigenvalue weighted by Gasteiger charge is -2.16. The average Bonchev–Trinajstić information content (AvgIpc) is 3.24. The molecule has 2 aromatic heterocycles. The Kier molecular flexibility index (Phi) is 6.01. The highest BCUT2D eigenvalue weighted by atomic mass is 35.5. The first kappa shape index (κ1) is 22.7. The van der Waals surface area contributed by atoms with Gasteiger partial charge in [0.2, 0.25) is 5.95 Å². The van der Waals surface area contributed by atoms with Crippen LogP contribution in [0.25, 0.3) is 22.2 Å². The fourth-order valence-electron chi connectivity index (χ4n) is 4.12. The Labute approximate surface area is 204 Å². The number of halogens is 1. The maximum Gasteiger partial charge on any atom is 0.294 e. The van der Waals surface area contributed by atoms with Crippen LogP contribution in [0.5, 0.6) is 11.5 Å². The van der Waals surface area contributed by atoms with Crippen molar-refractivity contribution in [2.75, 3.05) is 37.5 Å². The van der Waals surface area contributed by atoms with E-state index in [1.165, 1.54) is 25.4 Å². The van der Waals surface area contributed by atoms with E-state index in [9.17, 15) is 10.1 Å². The number of nitrogens with one attached hydrogen (secondary N) is 2. The van der Waals surface area contributed by atoms with Crippen molar-refractivity contribution in [3.05, 3.63) is 57.9 Å². The molecule has 35 heavy (non-hydrogen) atoms. The second-order valence-corrected chi connectivity index (χ2v) is 8.14. The van der Waals surface area contributed by atoms with E-state index in [0.717, 1.165) is 22.2 Å². The quantitative estimate of drug-likeness (QED) is 0.242. The van der Waals surface area contributed by atoms with Gasteiger partial charge in [-0.1, -0.05) is 23.7 Å². The van der Waals surface area contributed by atoms with E-state index < -0.39 is 4.92 Å². The molecule has 0 spiro atoms. The predicted molar refractivity (Wildman–Crippen MR) is 132 cm³/mol. The number of aromatic nitrogens is 3. The van der Waals surface area contributed by atoms with Crippen LogP contribution in [0.3, 0.4) is 0 Å². The molecule has 0 radical (unpaired) electrons. The Balaban J connectivity index is 1.56. The molecule has 11 nitrogen and oxygen atoms in total. The van der Waals surface area contributed by atoms with Gasteiger partial charge in [0, 0.05) is 35.8 Å². The number of hydrogen-bond donors (Lipinski definition) is 3. The second-order valence-electron chi connectivity index (χ2n) is 7.73. The Morgan fingerprint density at radius 2 is 2.20 bits per heavy atom. The number of nitro benzene ring substituents is 1. The lowest BCUT2D eigenvalue weighted by molar-refractivity contribution is -0.383. The number of nitro groups is 1. The van der Waals surface area contributed by atoms with E-state index in [0.29, 0.717) is 35.3 Å². The normalized spacial score (nSPS) is 12.3. The first-order valence-corrected chi connectivity index (χ1v) is 11.1. The van der Waals surface area contributed by atoms with Crippen LogP contribution in [0.15, 0.2) is 42.7 Å². The number of nitrogens with zero attached hydrogens (tertiary/aromatic N) is 4. The summed E-state index contributed by atoms with van der Waals surface area (Å²) >= 11 is 6.50. The summed E-state index contributed by atoms with van der Waals surface area (Å²) in [7, 11) is 1.45. The molecule has 2 aromatic carbocycles. The summed E-state index contributed by atoms with van der Waals surface area (Å²) in [6.07, 6.45) is 3.47. The first-order chi connectivity index (χ1) is 17.0. The minimum Gasteiger partial charge on any atom is -0.494 e. The van der Waals surface area contributed by atoms with Crippen LogP contribution in [-0.4, -0.2) is 51.4 Å². The lowest BCUT2D eigenvalue weighted by Crippen LogP contribution is -2.12. The molecule has 3 N–H and O–H groups in total. The molecule has 0 amide bonds. The van der Waals surface area contributed by atoms with Crippen molar-refractivity contribution in [3.8, 4) is 22.8 Å². The van der Waals surface area contributed by atoms with Gasteiger partial charge in [-0.2, -0.15) is 0 Å². The van der Waals surface area contributed by atoms with E-state index in [1.807, 2.05) is 24.4 Å². The second kappa shape index (κ2) is 9.28. The van der Waals surface area contributed by atoms with Gasteiger partial charge in [-0.25, -0.2) is 9.97 Å². The number of rotatable bonds is 8. The molecule has 1 aliphatic heterocycles. The minimum absolute atomic E-state index is 0.154. The Bertz CT molecular complexity index is 1440. The van der Waals surface area contributed by atoms with Crippen molar-refractivity contribution in [2.24, 2.45) is 0 Å². The first-order valence-electron chi connectivity index (χ1n) is 10.8. The van der Waals surface area contributed by atoms with Crippen LogP contribution < -0.4 is 20.1 Å². The smallest absolute Gasteiger partial charge is 0.294 e. The van der Waals surface area contributed by atoms with Gasteiger partial charge in [0.15, 0.2) is 0 Å². The van der Waals surface area contributed by atoms with Crippen LogP contribution in [0.4, 0.5) is 23.0 Å². The standard InChI is InChI=1S/C23H21ClN6O5/c1-34-20-10-16(25-5-7-31)18(30(32)33)9-17(20)27-23-26-11-15(24)21(28-23)14-12-29-6-8-35-19-4-2-3-13(14)22(19)29/h2-4,9-12,25,31H,5-8H2,1H3,(H,26,27,28). The van der Waals surface area contributed by atoms with Crippen LogP contribution in [0, 0.1) is 10.1 Å². The van der Waals surface area contributed by atoms with E-state index in [1.54, 1.807) is 0 Å². The molecule has 5 rings (SSSR count). The highest BCUT2D eigenvalue weighted by Gasteiger charge is 2.22. The van der Waals surface area contributed by atoms with Gasteiger partial charge in [-0.15, -0.1) is 0 Å². The molecular formula is C23H21ClN6O5. The number of ether oxygens (including phenoxy) is 2. The van der Waals surface area contributed by atoms with Crippen LogP contribution in [0.1, 0.15) is 0 Å². The number of methoxy groups -OCH3 is 1. The van der Waals surface area contributed by atoms with Crippen molar-refractivity contribution in [3.63, 3.8) is 0 Å². The van der Waals surface area contributed by atoms with Gasteiger partial charge >= 0.3 is 0 Å². The third-order valence-corrected chi connectivity index (χ3v) is 5.92. The molecule has 1 aliphatic rings. The molecule has 4 aromatic rings. The van der Waals surface area contributed by atoms with Crippen molar-refractivity contribution >= 4 is 45.5 Å². The summed E-state index contributed by atoms with van der Waals surface area (Å²) < 4.78 is 13.3. The summed E-state index contributed by atoms with van der Waals surface area (Å²) in [5, 5.41) is 27.8. The zero-order valence-corrected chi connectivity index (χ0v) is 19.4. The van der Waals surface area contributed by atoms with Gasteiger partial charge in [-0.3, -0.25) is 10.1 Å². The number of aliphatic hydroxyl groups excluding tert-OH is 1. The summed E-state index contributed by atoms with van der Waals surface area (Å²) in [5.74, 6) is 1.33. The topological polar surface area (TPSA) is 137 Å². The van der Waals surface area contributed by atoms with Gasteiger partial charge in [-0.05, 0) is 6.07 Å². The fraction of sp³-hybridized carbons (Fsp3) is 0.217. The minimum atomic E-state index is -0.519. The molecular weight excluding hydrogens is 476 g/mol.